The van der Waals surface area contributed by atoms with Gasteiger partial charge in [-0.05, 0) is 11.4 Å². The van der Waals surface area contributed by atoms with Crippen molar-refractivity contribution in [3.63, 3.8) is 0 Å². The molecule has 0 radical (unpaired) electrons. The molecule has 94 valence electrons. The molecule has 0 atom stereocenters. The Labute approximate surface area is 112 Å². The van der Waals surface area contributed by atoms with Gasteiger partial charge in [0.2, 0.25) is 0 Å². The molecule has 0 amide bonds. The number of hydrogen-bond donors (Lipinski definition) is 1. The van der Waals surface area contributed by atoms with Crippen LogP contribution in [0, 0.1) is 0 Å². The molecule has 0 saturated carbocycles. The number of carbonyl (C=O) groups is 1. The van der Waals surface area contributed by atoms with Gasteiger partial charge in [0.15, 0.2) is 5.78 Å². The molecule has 0 fully saturated rings. The normalized spacial score (nSPS) is 13.0. The molecule has 6 heteroatoms. The Hall–Kier alpha value is -1.66. The summed E-state index contributed by atoms with van der Waals surface area (Å²) in [6.07, 6.45) is 3.20. The van der Waals surface area contributed by atoms with E-state index in [1.165, 1.54) is 28.7 Å². The van der Waals surface area contributed by atoms with Crippen LogP contribution in [-0.2, 0) is 0 Å². The average Bonchev–Trinajstić information content (AvgIpc) is 2.89. The van der Waals surface area contributed by atoms with Crippen LogP contribution in [0.5, 0.6) is 0 Å². The maximum Gasteiger partial charge on any atom is 0.267 e. The molecule has 0 bridgehead atoms. The lowest BCUT2D eigenvalue weighted by Gasteiger charge is -1.99. The highest BCUT2D eigenvalue weighted by Gasteiger charge is 2.03. The molecule has 2 heterocycles. The van der Waals surface area contributed by atoms with Gasteiger partial charge in [-0.2, -0.15) is 0 Å². The number of thiazole rings is 1. The number of ketones is 1. The number of aromatic amines is 1. The number of H-pyrrole nitrogens is 1. The van der Waals surface area contributed by atoms with Crippen LogP contribution in [0.3, 0.4) is 0 Å². The lowest BCUT2D eigenvalue weighted by atomic mass is 10.3. The van der Waals surface area contributed by atoms with Gasteiger partial charge in [-0.25, -0.2) is 0 Å². The van der Waals surface area contributed by atoms with E-state index in [1.54, 1.807) is 17.2 Å². The van der Waals surface area contributed by atoms with Gasteiger partial charge in [0, 0.05) is 26.4 Å². The van der Waals surface area contributed by atoms with E-state index in [-0.39, 0.29) is 11.3 Å². The third kappa shape index (κ3) is 2.96. The summed E-state index contributed by atoms with van der Waals surface area (Å²) in [5.74, 6) is -0.0843. The second kappa shape index (κ2) is 5.32. The van der Waals surface area contributed by atoms with Gasteiger partial charge in [0.05, 0.1) is 9.54 Å². The van der Waals surface area contributed by atoms with Gasteiger partial charge in [0.1, 0.15) is 4.53 Å². The third-order valence-electron chi connectivity index (χ3n) is 2.08. The molecule has 1 N–H and O–H groups in total. The van der Waals surface area contributed by atoms with Crippen LogP contribution in [0.1, 0.15) is 9.67 Å². The Bertz CT molecular complexity index is 708. The predicted octanol–water partition coefficient (Wildman–Crippen LogP) is 0.461. The van der Waals surface area contributed by atoms with Crippen LogP contribution in [0.4, 0.5) is 0 Å². The first-order valence-corrected chi connectivity index (χ1v) is 6.93. The summed E-state index contributed by atoms with van der Waals surface area (Å²) in [5, 5.41) is 1.85. The molecule has 0 spiro atoms. The van der Waals surface area contributed by atoms with Crippen molar-refractivity contribution in [2.24, 2.45) is 0 Å². The maximum atomic E-state index is 11.8. The van der Waals surface area contributed by atoms with E-state index in [0.717, 1.165) is 0 Å². The van der Waals surface area contributed by atoms with Crippen molar-refractivity contribution in [2.75, 3.05) is 14.1 Å². The summed E-state index contributed by atoms with van der Waals surface area (Å²) in [5.41, 5.74) is -0.168. The lowest BCUT2D eigenvalue weighted by molar-refractivity contribution is 0.106. The van der Waals surface area contributed by atoms with Crippen molar-refractivity contribution < 1.29 is 4.79 Å². The minimum absolute atomic E-state index is 0.0843. The number of nitrogens with one attached hydrogen (secondary N) is 1. The maximum absolute atomic E-state index is 11.8. The van der Waals surface area contributed by atoms with Crippen molar-refractivity contribution >= 4 is 40.7 Å². The smallest absolute Gasteiger partial charge is 0.267 e. The Kier molecular flexibility index (Phi) is 3.78. The van der Waals surface area contributed by atoms with E-state index < -0.39 is 0 Å². The molecular formula is C12H12N2O2S2. The van der Waals surface area contributed by atoms with Gasteiger partial charge in [-0.1, -0.05) is 6.07 Å². The number of Topliss-reactive ketones (excluding diaryl/α,β-unsaturated/α-hetero) is 1. The Morgan fingerprint density at radius 2 is 2.22 bits per heavy atom. The molecule has 2 aromatic rings. The summed E-state index contributed by atoms with van der Waals surface area (Å²) in [6.45, 7) is 0. The number of nitrogens with zero attached hydrogens (tertiary/aromatic N) is 1. The molecule has 2 aromatic heterocycles. The number of rotatable bonds is 3. The third-order valence-corrected chi connectivity index (χ3v) is 3.92. The van der Waals surface area contributed by atoms with E-state index >= 15 is 0 Å². The first-order chi connectivity index (χ1) is 8.56. The predicted molar refractivity (Wildman–Crippen MR) is 75.5 cm³/mol. The fraction of sp³-hybridized carbons (Fsp3) is 0.167. The largest absolute Gasteiger partial charge is 0.382 e. The molecule has 0 aliphatic heterocycles. The fourth-order valence-electron chi connectivity index (χ4n) is 1.36. The number of aromatic nitrogens is 1. The molecule has 0 aliphatic rings. The van der Waals surface area contributed by atoms with E-state index in [2.05, 4.69) is 4.98 Å². The SMILES string of the molecule is CN(C)/C=c1\sc(=CC(=O)c2cccs2)[nH]c1=O. The minimum Gasteiger partial charge on any atom is -0.382 e. The zero-order chi connectivity index (χ0) is 13.1. The van der Waals surface area contributed by atoms with Crippen molar-refractivity contribution in [2.45, 2.75) is 0 Å². The second-order valence-electron chi connectivity index (χ2n) is 3.86. The number of thiophene rings is 1. The standard InChI is InChI=1S/C12H12N2O2S2/c1-14(2)7-10-12(16)13-11(18-10)6-8(15)9-4-3-5-17-9/h3-7H,1-2H3,(H,13,16)/b10-7-,11-6?. The second-order valence-corrected chi connectivity index (χ2v) is 5.89. The van der Waals surface area contributed by atoms with Crippen LogP contribution in [0.25, 0.3) is 12.3 Å². The van der Waals surface area contributed by atoms with Crippen LogP contribution >= 0.6 is 22.7 Å². The van der Waals surface area contributed by atoms with Crippen LogP contribution < -0.4 is 14.8 Å². The number of carbonyl (C=O) groups excluding carboxylic acids is 1. The summed E-state index contributed by atoms with van der Waals surface area (Å²) < 4.78 is 1.16. The van der Waals surface area contributed by atoms with Crippen molar-refractivity contribution in [1.29, 1.82) is 0 Å². The van der Waals surface area contributed by atoms with Gasteiger partial charge < -0.3 is 9.88 Å². The minimum atomic E-state index is -0.168. The lowest BCUT2D eigenvalue weighted by Crippen LogP contribution is -2.22. The van der Waals surface area contributed by atoms with E-state index in [1.807, 2.05) is 25.5 Å². The highest BCUT2D eigenvalue weighted by Crippen LogP contribution is 2.09. The summed E-state index contributed by atoms with van der Waals surface area (Å²) in [4.78, 5) is 28.6. The van der Waals surface area contributed by atoms with Gasteiger partial charge in [0.25, 0.3) is 5.56 Å². The van der Waals surface area contributed by atoms with E-state index in [0.29, 0.717) is 14.1 Å². The van der Waals surface area contributed by atoms with Crippen LogP contribution in [-0.4, -0.2) is 29.8 Å². The first-order valence-electron chi connectivity index (χ1n) is 5.23. The molecule has 2 rings (SSSR count). The molecule has 0 aliphatic carbocycles. The van der Waals surface area contributed by atoms with Gasteiger partial charge in [-0.3, -0.25) is 9.59 Å². The van der Waals surface area contributed by atoms with Crippen LogP contribution in [0.2, 0.25) is 0 Å². The van der Waals surface area contributed by atoms with Gasteiger partial charge in [-0.15, -0.1) is 22.7 Å². The quantitative estimate of drug-likeness (QED) is 0.831. The van der Waals surface area contributed by atoms with Crippen LogP contribution in [0.15, 0.2) is 22.3 Å². The number of hydrogen-bond acceptors (Lipinski definition) is 5. The summed E-state index contributed by atoms with van der Waals surface area (Å²) in [6, 6.07) is 3.59. The Balaban J connectivity index is 2.42. The van der Waals surface area contributed by atoms with Crippen molar-refractivity contribution in [3.8, 4) is 0 Å². The molecule has 0 aromatic carbocycles. The highest BCUT2D eigenvalue weighted by atomic mass is 32.1. The van der Waals surface area contributed by atoms with Crippen molar-refractivity contribution in [3.05, 3.63) is 41.9 Å². The Morgan fingerprint density at radius 1 is 1.44 bits per heavy atom. The van der Waals surface area contributed by atoms with E-state index in [9.17, 15) is 9.59 Å². The first kappa shape index (κ1) is 12.8. The summed E-state index contributed by atoms with van der Waals surface area (Å²) >= 11 is 2.66. The highest BCUT2D eigenvalue weighted by molar-refractivity contribution is 7.12. The van der Waals surface area contributed by atoms with Crippen molar-refractivity contribution in [1.82, 2.24) is 9.88 Å². The molecule has 18 heavy (non-hydrogen) atoms. The Morgan fingerprint density at radius 3 is 2.83 bits per heavy atom. The van der Waals surface area contributed by atoms with E-state index in [4.69, 9.17) is 0 Å². The average molecular weight is 280 g/mol. The molecule has 4 nitrogen and oxygen atoms in total. The fourth-order valence-corrected chi connectivity index (χ4v) is 2.95. The topological polar surface area (TPSA) is 53.2 Å². The molecular weight excluding hydrogens is 268 g/mol. The zero-order valence-electron chi connectivity index (χ0n) is 9.97. The molecule has 0 unspecified atom stereocenters. The van der Waals surface area contributed by atoms with Gasteiger partial charge >= 0.3 is 0 Å². The summed E-state index contributed by atoms with van der Waals surface area (Å²) in [7, 11) is 3.69. The monoisotopic (exact) mass is 280 g/mol. The molecule has 0 saturated heterocycles. The zero-order valence-corrected chi connectivity index (χ0v) is 11.6.